The Morgan fingerprint density at radius 3 is 2.10 bits per heavy atom. The van der Waals surface area contributed by atoms with Crippen LogP contribution in [0.25, 0.3) is 0 Å². The van der Waals surface area contributed by atoms with Crippen molar-refractivity contribution in [3.8, 4) is 0 Å². The molecule has 2 N–H and O–H groups in total. The third kappa shape index (κ3) is 4.72. The Bertz CT molecular complexity index is 1060. The quantitative estimate of drug-likeness (QED) is 0.395. The molecule has 0 fully saturated rings. The molecule has 0 bridgehead atoms. The molecule has 0 spiro atoms. The van der Waals surface area contributed by atoms with Crippen LogP contribution in [0.2, 0.25) is 5.02 Å². The Balaban J connectivity index is 1.98. The number of hydrogen-bond donors (Lipinski definition) is 2. The van der Waals surface area contributed by atoms with Crippen LogP contribution in [0.1, 0.15) is 11.1 Å². The minimum atomic E-state index is -4.68. The maximum Gasteiger partial charge on any atom is 0.417 e. The first-order chi connectivity index (χ1) is 13.6. The highest BCUT2D eigenvalue weighted by Gasteiger charge is 2.33. The van der Waals surface area contributed by atoms with Crippen molar-refractivity contribution in [1.82, 2.24) is 9.97 Å². The fourth-order valence-electron chi connectivity index (χ4n) is 2.47. The number of benzene rings is 2. The lowest BCUT2D eigenvalue weighted by molar-refractivity contribution is -0.383. The van der Waals surface area contributed by atoms with Gasteiger partial charge in [0.25, 0.3) is 0 Å². The SMILES string of the molecule is Cc1ccc(Nc2ncnc(Nc3ccc(Cl)c(C(F)(F)F)c3)c2[N+](=O)[O-])cc1. The number of nitro groups is 1. The van der Waals surface area contributed by atoms with Crippen LogP contribution < -0.4 is 10.6 Å². The highest BCUT2D eigenvalue weighted by atomic mass is 35.5. The van der Waals surface area contributed by atoms with Gasteiger partial charge in [0.15, 0.2) is 0 Å². The minimum Gasteiger partial charge on any atom is -0.334 e. The van der Waals surface area contributed by atoms with Crippen LogP contribution in [0.5, 0.6) is 0 Å². The second kappa shape index (κ2) is 7.92. The second-order valence-electron chi connectivity index (χ2n) is 5.99. The third-order valence-corrected chi connectivity index (χ3v) is 4.18. The van der Waals surface area contributed by atoms with Gasteiger partial charge in [-0.1, -0.05) is 29.3 Å². The van der Waals surface area contributed by atoms with Crippen molar-refractivity contribution < 1.29 is 18.1 Å². The van der Waals surface area contributed by atoms with Gasteiger partial charge < -0.3 is 10.6 Å². The van der Waals surface area contributed by atoms with Crippen molar-refractivity contribution in [3.63, 3.8) is 0 Å². The molecular weight excluding hydrogens is 411 g/mol. The predicted molar refractivity (Wildman–Crippen MR) is 103 cm³/mol. The zero-order valence-electron chi connectivity index (χ0n) is 14.8. The smallest absolute Gasteiger partial charge is 0.334 e. The molecule has 150 valence electrons. The van der Waals surface area contributed by atoms with Crippen LogP contribution in [0.15, 0.2) is 48.8 Å². The maximum absolute atomic E-state index is 13.1. The number of halogens is 4. The van der Waals surface area contributed by atoms with Crippen molar-refractivity contribution in [2.45, 2.75) is 13.1 Å². The van der Waals surface area contributed by atoms with Gasteiger partial charge in [0.1, 0.15) is 6.33 Å². The summed E-state index contributed by atoms with van der Waals surface area (Å²) in [4.78, 5) is 18.6. The van der Waals surface area contributed by atoms with Gasteiger partial charge in [0, 0.05) is 11.4 Å². The lowest BCUT2D eigenvalue weighted by Gasteiger charge is -2.13. The molecule has 0 radical (unpaired) electrons. The van der Waals surface area contributed by atoms with Crippen molar-refractivity contribution in [2.24, 2.45) is 0 Å². The summed E-state index contributed by atoms with van der Waals surface area (Å²) in [6.45, 7) is 1.89. The number of alkyl halides is 3. The van der Waals surface area contributed by atoms with Crippen LogP contribution >= 0.6 is 11.6 Å². The molecule has 3 aromatic rings. The fourth-order valence-corrected chi connectivity index (χ4v) is 2.69. The first-order valence-corrected chi connectivity index (χ1v) is 8.50. The zero-order chi connectivity index (χ0) is 21.2. The molecule has 1 heterocycles. The summed E-state index contributed by atoms with van der Waals surface area (Å²) >= 11 is 5.60. The van der Waals surface area contributed by atoms with Gasteiger partial charge in [-0.05, 0) is 37.3 Å². The first-order valence-electron chi connectivity index (χ1n) is 8.12. The van der Waals surface area contributed by atoms with E-state index in [1.165, 1.54) is 6.07 Å². The van der Waals surface area contributed by atoms with Crippen LogP contribution in [0.4, 0.5) is 41.9 Å². The fraction of sp³-hybridized carbons (Fsp3) is 0.111. The van der Waals surface area contributed by atoms with Crippen LogP contribution in [0.3, 0.4) is 0 Å². The van der Waals surface area contributed by atoms with Crippen molar-refractivity contribution in [1.29, 1.82) is 0 Å². The minimum absolute atomic E-state index is 0.0650. The van der Waals surface area contributed by atoms with Gasteiger partial charge in [0.05, 0.1) is 15.5 Å². The summed E-state index contributed by atoms with van der Waals surface area (Å²) in [6.07, 6.45) is -3.61. The van der Waals surface area contributed by atoms with E-state index in [2.05, 4.69) is 20.6 Å². The van der Waals surface area contributed by atoms with E-state index in [-0.39, 0.29) is 17.3 Å². The number of rotatable bonds is 5. The number of hydrogen-bond acceptors (Lipinski definition) is 6. The summed E-state index contributed by atoms with van der Waals surface area (Å²) < 4.78 is 39.2. The van der Waals surface area contributed by atoms with Crippen molar-refractivity contribution in [3.05, 3.63) is 75.1 Å². The van der Waals surface area contributed by atoms with E-state index in [0.717, 1.165) is 24.0 Å². The molecule has 2 aromatic carbocycles. The average Bonchev–Trinajstić information content (AvgIpc) is 2.64. The number of aryl methyl sites for hydroxylation is 1. The summed E-state index contributed by atoms with van der Waals surface area (Å²) in [5, 5.41) is 16.5. The van der Waals surface area contributed by atoms with E-state index in [0.29, 0.717) is 5.69 Å². The molecule has 0 aliphatic heterocycles. The second-order valence-corrected chi connectivity index (χ2v) is 6.39. The van der Waals surface area contributed by atoms with E-state index in [9.17, 15) is 23.3 Å². The average molecular weight is 424 g/mol. The van der Waals surface area contributed by atoms with Crippen molar-refractivity contribution in [2.75, 3.05) is 10.6 Å². The Morgan fingerprint density at radius 2 is 1.55 bits per heavy atom. The molecule has 1 aromatic heterocycles. The first kappa shape index (κ1) is 20.3. The van der Waals surface area contributed by atoms with E-state index >= 15 is 0 Å². The summed E-state index contributed by atoms with van der Waals surface area (Å²) in [6, 6.07) is 10.1. The van der Waals surface area contributed by atoms with Gasteiger partial charge >= 0.3 is 11.9 Å². The Hall–Kier alpha value is -3.40. The number of nitrogens with one attached hydrogen (secondary N) is 2. The highest BCUT2D eigenvalue weighted by molar-refractivity contribution is 6.31. The molecular formula is C18H13ClF3N5O2. The van der Waals surface area contributed by atoms with Gasteiger partial charge in [0.2, 0.25) is 11.6 Å². The van der Waals surface area contributed by atoms with E-state index < -0.39 is 27.4 Å². The van der Waals surface area contributed by atoms with Crippen LogP contribution in [-0.2, 0) is 6.18 Å². The molecule has 3 rings (SSSR count). The van der Waals surface area contributed by atoms with Crippen molar-refractivity contribution >= 4 is 40.3 Å². The van der Waals surface area contributed by atoms with Crippen LogP contribution in [0, 0.1) is 17.0 Å². The highest BCUT2D eigenvalue weighted by Crippen LogP contribution is 2.38. The Kier molecular flexibility index (Phi) is 5.55. The molecule has 7 nitrogen and oxygen atoms in total. The predicted octanol–water partition coefficient (Wildman–Crippen LogP) is 5.85. The van der Waals surface area contributed by atoms with Gasteiger partial charge in [-0.3, -0.25) is 10.1 Å². The van der Waals surface area contributed by atoms with Gasteiger partial charge in [-0.15, -0.1) is 0 Å². The van der Waals surface area contributed by atoms with E-state index in [1.54, 1.807) is 24.3 Å². The van der Waals surface area contributed by atoms with Crippen LogP contribution in [-0.4, -0.2) is 14.9 Å². The standard InChI is InChI=1S/C18H13ClF3N5O2/c1-10-2-4-11(5-3-10)25-16-15(27(28)29)17(24-9-23-16)26-12-6-7-14(19)13(8-12)18(20,21)22/h2-9H,1H3,(H2,23,24,25,26). The molecule has 0 atom stereocenters. The molecule has 0 saturated carbocycles. The van der Waals surface area contributed by atoms with Gasteiger partial charge in [-0.25, -0.2) is 9.97 Å². The summed E-state index contributed by atoms with van der Waals surface area (Å²) in [7, 11) is 0. The molecule has 0 unspecified atom stereocenters. The lowest BCUT2D eigenvalue weighted by Crippen LogP contribution is -2.08. The number of nitrogens with zero attached hydrogens (tertiary/aromatic N) is 3. The Morgan fingerprint density at radius 1 is 1.00 bits per heavy atom. The van der Waals surface area contributed by atoms with E-state index in [4.69, 9.17) is 11.6 Å². The maximum atomic E-state index is 13.1. The largest absolute Gasteiger partial charge is 0.417 e. The van der Waals surface area contributed by atoms with Gasteiger partial charge in [-0.2, -0.15) is 13.2 Å². The zero-order valence-corrected chi connectivity index (χ0v) is 15.5. The monoisotopic (exact) mass is 423 g/mol. The topological polar surface area (TPSA) is 93.0 Å². The number of anilines is 4. The summed E-state index contributed by atoms with van der Waals surface area (Å²) in [5.41, 5.74) is -0.104. The Labute approximate surface area is 167 Å². The lowest BCUT2D eigenvalue weighted by atomic mass is 10.2. The molecule has 11 heteroatoms. The van der Waals surface area contributed by atoms with E-state index in [1.807, 2.05) is 6.92 Å². The molecule has 0 aliphatic carbocycles. The third-order valence-electron chi connectivity index (χ3n) is 3.85. The molecule has 29 heavy (non-hydrogen) atoms. The molecule has 0 amide bonds. The molecule has 0 saturated heterocycles. The number of aromatic nitrogens is 2. The molecule has 0 aliphatic rings. The summed E-state index contributed by atoms with van der Waals surface area (Å²) in [5.74, 6) is -0.378. The normalized spacial score (nSPS) is 11.2.